The van der Waals surface area contributed by atoms with Gasteiger partial charge in [0.25, 0.3) is 0 Å². The van der Waals surface area contributed by atoms with E-state index in [2.05, 4.69) is 9.97 Å². The van der Waals surface area contributed by atoms with Gasteiger partial charge in [-0.1, -0.05) is 11.8 Å². The van der Waals surface area contributed by atoms with E-state index in [1.54, 1.807) is 19.1 Å². The van der Waals surface area contributed by atoms with Crippen LogP contribution in [0.3, 0.4) is 0 Å². The maximum absolute atomic E-state index is 12.7. The Kier molecular flexibility index (Phi) is 4.26. The van der Waals surface area contributed by atoms with Crippen LogP contribution in [0.2, 0.25) is 0 Å². The highest BCUT2D eigenvalue weighted by molar-refractivity contribution is 7.99. The van der Waals surface area contributed by atoms with Gasteiger partial charge < -0.3 is 10.5 Å². The number of aryl methyl sites for hydroxylation is 1. The zero-order valence-electron chi connectivity index (χ0n) is 11.2. The number of hydrogen-bond acceptors (Lipinski definition) is 5. The molecule has 0 aliphatic carbocycles. The van der Waals surface area contributed by atoms with Crippen LogP contribution in [0.4, 0.5) is 18.9 Å². The number of nitrogen functional groups attached to an aromatic ring is 1. The minimum atomic E-state index is -4.53. The summed E-state index contributed by atoms with van der Waals surface area (Å²) in [6.45, 7) is 1.76. The fraction of sp³-hybridized carbons (Fsp3) is 0.231. The van der Waals surface area contributed by atoms with E-state index in [1.807, 2.05) is 0 Å². The van der Waals surface area contributed by atoms with Crippen LogP contribution in [0.1, 0.15) is 11.4 Å². The van der Waals surface area contributed by atoms with Crippen LogP contribution in [0.5, 0.6) is 5.88 Å². The van der Waals surface area contributed by atoms with E-state index in [1.165, 1.54) is 13.2 Å². The summed E-state index contributed by atoms with van der Waals surface area (Å²) >= 11 is 1.06. The molecule has 0 radical (unpaired) electrons. The average molecular weight is 315 g/mol. The monoisotopic (exact) mass is 315 g/mol. The van der Waals surface area contributed by atoms with Gasteiger partial charge in [-0.05, 0) is 25.1 Å². The summed E-state index contributed by atoms with van der Waals surface area (Å²) in [6, 6.07) is 5.55. The highest BCUT2D eigenvalue weighted by Gasteiger charge is 2.33. The van der Waals surface area contributed by atoms with Crippen LogP contribution in [0.25, 0.3) is 0 Å². The van der Waals surface area contributed by atoms with Gasteiger partial charge in [-0.15, -0.1) is 0 Å². The lowest BCUT2D eigenvalue weighted by Gasteiger charge is -2.10. The van der Waals surface area contributed by atoms with E-state index in [0.29, 0.717) is 16.5 Å². The van der Waals surface area contributed by atoms with Gasteiger partial charge in [0.1, 0.15) is 10.7 Å². The number of alkyl halides is 3. The maximum atomic E-state index is 12.7. The minimum Gasteiger partial charge on any atom is -0.481 e. The molecular formula is C13H12F3N3OS. The Morgan fingerprint density at radius 1 is 1.14 bits per heavy atom. The molecule has 8 heteroatoms. The molecule has 2 aromatic rings. The second-order valence-corrected chi connectivity index (χ2v) is 5.30. The van der Waals surface area contributed by atoms with Crippen molar-refractivity contribution in [2.24, 2.45) is 0 Å². The highest BCUT2D eigenvalue weighted by Crippen LogP contribution is 2.34. The second-order valence-electron chi connectivity index (χ2n) is 4.21. The molecule has 0 bridgehead atoms. The molecule has 0 saturated heterocycles. The number of nitrogens with two attached hydrogens (primary N) is 1. The molecule has 112 valence electrons. The van der Waals surface area contributed by atoms with Gasteiger partial charge in [-0.2, -0.15) is 13.2 Å². The molecule has 2 heterocycles. The van der Waals surface area contributed by atoms with Gasteiger partial charge in [0.15, 0.2) is 0 Å². The summed E-state index contributed by atoms with van der Waals surface area (Å²) in [5.41, 5.74) is 5.20. The Labute approximate surface area is 123 Å². The molecule has 0 atom stereocenters. The van der Waals surface area contributed by atoms with Crippen LogP contribution in [0.15, 0.2) is 34.2 Å². The molecule has 0 unspecified atom stereocenters. The number of ether oxygens (including phenoxy) is 1. The standard InChI is InChI=1S/C13H12F3N3OS/c1-7-3-9(6-11(18-7)20-2)21-12-5-8(17)4-10(19-12)13(14,15)16/h3-6H,1-2H3,(H2,17,19). The van der Waals surface area contributed by atoms with E-state index in [0.717, 1.165) is 17.8 Å². The highest BCUT2D eigenvalue weighted by atomic mass is 32.2. The zero-order valence-corrected chi connectivity index (χ0v) is 12.0. The number of rotatable bonds is 3. The van der Waals surface area contributed by atoms with Crippen LogP contribution in [-0.4, -0.2) is 17.1 Å². The number of methoxy groups -OCH3 is 1. The summed E-state index contributed by atoms with van der Waals surface area (Å²) < 4.78 is 43.2. The normalized spacial score (nSPS) is 11.5. The third-order valence-electron chi connectivity index (χ3n) is 2.45. The molecule has 0 fully saturated rings. The van der Waals surface area contributed by atoms with Gasteiger partial charge in [-0.25, -0.2) is 9.97 Å². The first-order valence-corrected chi connectivity index (χ1v) is 6.65. The summed E-state index contributed by atoms with van der Waals surface area (Å²) in [4.78, 5) is 8.36. The van der Waals surface area contributed by atoms with E-state index in [9.17, 15) is 13.2 Å². The number of nitrogens with zero attached hydrogens (tertiary/aromatic N) is 2. The molecule has 0 aliphatic heterocycles. The van der Waals surface area contributed by atoms with Gasteiger partial charge in [0.05, 0.1) is 7.11 Å². The van der Waals surface area contributed by atoms with Crippen molar-refractivity contribution in [3.05, 3.63) is 35.7 Å². The molecule has 0 aromatic carbocycles. The lowest BCUT2D eigenvalue weighted by Crippen LogP contribution is -2.09. The molecule has 0 saturated carbocycles. The van der Waals surface area contributed by atoms with Gasteiger partial charge in [0.2, 0.25) is 5.88 Å². The summed E-state index contributed by atoms with van der Waals surface area (Å²) in [7, 11) is 1.47. The molecule has 2 rings (SSSR count). The largest absolute Gasteiger partial charge is 0.481 e. The Balaban J connectivity index is 2.35. The molecule has 0 aliphatic rings. The average Bonchev–Trinajstić information content (AvgIpc) is 2.36. The first-order chi connectivity index (χ1) is 9.77. The van der Waals surface area contributed by atoms with E-state index in [4.69, 9.17) is 10.5 Å². The second kappa shape index (κ2) is 5.80. The summed E-state index contributed by atoms with van der Waals surface area (Å²) in [5, 5.41) is 0.162. The van der Waals surface area contributed by atoms with Crippen molar-refractivity contribution in [3.8, 4) is 5.88 Å². The van der Waals surface area contributed by atoms with Crippen LogP contribution < -0.4 is 10.5 Å². The Hall–Kier alpha value is -1.96. The number of pyridine rings is 2. The first kappa shape index (κ1) is 15.4. The summed E-state index contributed by atoms with van der Waals surface area (Å²) in [6.07, 6.45) is -4.53. The third-order valence-corrected chi connectivity index (χ3v) is 3.34. The minimum absolute atomic E-state index is 0.0116. The smallest absolute Gasteiger partial charge is 0.433 e. The van der Waals surface area contributed by atoms with Crippen molar-refractivity contribution in [1.82, 2.24) is 9.97 Å². The van der Waals surface area contributed by atoms with Crippen molar-refractivity contribution >= 4 is 17.4 Å². The zero-order chi connectivity index (χ0) is 15.6. The van der Waals surface area contributed by atoms with Crippen LogP contribution >= 0.6 is 11.8 Å². The topological polar surface area (TPSA) is 61.0 Å². The van der Waals surface area contributed by atoms with Crippen LogP contribution in [-0.2, 0) is 6.18 Å². The molecule has 21 heavy (non-hydrogen) atoms. The van der Waals surface area contributed by atoms with Crippen molar-refractivity contribution in [2.45, 2.75) is 23.0 Å². The lowest BCUT2D eigenvalue weighted by molar-refractivity contribution is -0.141. The van der Waals surface area contributed by atoms with Gasteiger partial charge in [0, 0.05) is 22.3 Å². The molecule has 2 N–H and O–H groups in total. The quantitative estimate of drug-likeness (QED) is 0.938. The maximum Gasteiger partial charge on any atom is 0.433 e. The van der Waals surface area contributed by atoms with Gasteiger partial charge in [-0.3, -0.25) is 0 Å². The van der Waals surface area contributed by atoms with Crippen molar-refractivity contribution in [1.29, 1.82) is 0 Å². The van der Waals surface area contributed by atoms with Gasteiger partial charge >= 0.3 is 6.18 Å². The SMILES string of the molecule is COc1cc(Sc2cc(N)cc(C(F)(F)F)n2)cc(C)n1. The molecular weight excluding hydrogens is 303 g/mol. The molecule has 0 amide bonds. The molecule has 2 aromatic heterocycles. The summed E-state index contributed by atoms with van der Waals surface area (Å²) in [5.74, 6) is 0.387. The first-order valence-electron chi connectivity index (χ1n) is 5.83. The fourth-order valence-corrected chi connectivity index (χ4v) is 2.58. The van der Waals surface area contributed by atoms with Crippen LogP contribution in [0, 0.1) is 6.92 Å². The molecule has 4 nitrogen and oxygen atoms in total. The third kappa shape index (κ3) is 4.01. The predicted molar refractivity (Wildman–Crippen MR) is 73.3 cm³/mol. The molecule has 0 spiro atoms. The Morgan fingerprint density at radius 3 is 2.48 bits per heavy atom. The van der Waals surface area contributed by atoms with Crippen molar-refractivity contribution in [2.75, 3.05) is 12.8 Å². The number of halogens is 3. The van der Waals surface area contributed by atoms with Crippen molar-refractivity contribution < 1.29 is 17.9 Å². The fourth-order valence-electron chi connectivity index (χ4n) is 1.61. The number of aromatic nitrogens is 2. The van der Waals surface area contributed by atoms with E-state index < -0.39 is 11.9 Å². The lowest BCUT2D eigenvalue weighted by atomic mass is 10.3. The van der Waals surface area contributed by atoms with E-state index >= 15 is 0 Å². The van der Waals surface area contributed by atoms with Crippen molar-refractivity contribution in [3.63, 3.8) is 0 Å². The Bertz CT molecular complexity index is 662. The Morgan fingerprint density at radius 2 is 1.86 bits per heavy atom. The van der Waals surface area contributed by atoms with E-state index in [-0.39, 0.29) is 10.7 Å². The predicted octanol–water partition coefficient (Wildman–Crippen LogP) is 3.55. The number of hydrogen-bond donors (Lipinski definition) is 1. The number of anilines is 1.